The van der Waals surface area contributed by atoms with Crippen molar-refractivity contribution in [3.8, 4) is 0 Å². The number of halogens is 3. The van der Waals surface area contributed by atoms with E-state index in [9.17, 15) is 18.4 Å². The predicted octanol–water partition coefficient (Wildman–Crippen LogP) is 7.21. The Labute approximate surface area is 229 Å². The lowest BCUT2D eigenvalue weighted by atomic mass is 9.94. The quantitative estimate of drug-likeness (QED) is 0.231. The number of alkyl halides is 1. The summed E-state index contributed by atoms with van der Waals surface area (Å²) in [6.45, 7) is 5.05. The molecule has 1 saturated heterocycles. The van der Waals surface area contributed by atoms with Crippen molar-refractivity contribution in [2.75, 3.05) is 25.5 Å². The minimum atomic E-state index is -1.02. The Bertz CT molecular complexity index is 1060. The number of hydrogen-bond donors (Lipinski definition) is 1. The van der Waals surface area contributed by atoms with Gasteiger partial charge in [0.2, 0.25) is 0 Å². The first-order valence-electron chi connectivity index (χ1n) is 12.0. The van der Waals surface area contributed by atoms with Crippen LogP contribution in [0.2, 0.25) is 0 Å². The minimum Gasteiger partial charge on any atom is -0.437 e. The Hall–Kier alpha value is -2.62. The van der Waals surface area contributed by atoms with Gasteiger partial charge in [0.25, 0.3) is 0 Å². The first kappa shape index (κ1) is 30.6. The Kier molecular flexibility index (Phi) is 13.5. The molecule has 0 saturated carbocycles. The topological polar surface area (TPSA) is 72.6 Å². The molecule has 1 aliphatic rings. The van der Waals surface area contributed by atoms with E-state index in [-0.39, 0.29) is 5.78 Å². The van der Waals surface area contributed by atoms with Gasteiger partial charge in [-0.3, -0.25) is 9.69 Å². The van der Waals surface area contributed by atoms with E-state index >= 15 is 0 Å². The van der Waals surface area contributed by atoms with Crippen molar-refractivity contribution < 1.29 is 23.1 Å². The summed E-state index contributed by atoms with van der Waals surface area (Å²) in [4.78, 5) is 25.1. The van der Waals surface area contributed by atoms with Crippen molar-refractivity contribution >= 4 is 39.1 Å². The van der Waals surface area contributed by atoms with E-state index in [0.717, 1.165) is 24.6 Å². The number of likely N-dealkylation sites (tertiary alicyclic amines) is 1. The van der Waals surface area contributed by atoms with Crippen molar-refractivity contribution in [1.82, 2.24) is 4.90 Å². The molecule has 1 amide bonds. The molecule has 0 radical (unpaired) electrons. The zero-order valence-corrected chi connectivity index (χ0v) is 23.4. The standard InChI is InChI=1S/C14H11F2NO2.C13H19NOS.CH3Br/c15-11-5-1-3-9(7-11)13(19-14(17)18)10-4-2-6-12(16)8-10;1-2-11-3-6-14(7-4-11)9-13(15)12-5-8-16-10-12;1-2/h1-8,13H,(H2,17,18);5,8,10-11H,2-4,6-7,9H2,1H3;1H3. The smallest absolute Gasteiger partial charge is 0.405 e. The van der Waals surface area contributed by atoms with Crippen LogP contribution in [0.4, 0.5) is 13.6 Å². The molecule has 2 aromatic carbocycles. The van der Waals surface area contributed by atoms with E-state index in [1.54, 1.807) is 23.5 Å². The van der Waals surface area contributed by atoms with Gasteiger partial charge in [-0.1, -0.05) is 53.5 Å². The molecule has 0 bridgehead atoms. The van der Waals surface area contributed by atoms with Crippen LogP contribution in [0.1, 0.15) is 53.8 Å². The van der Waals surface area contributed by atoms with Crippen LogP contribution in [-0.4, -0.2) is 42.2 Å². The van der Waals surface area contributed by atoms with Crippen molar-refractivity contribution in [2.45, 2.75) is 32.3 Å². The fourth-order valence-electron chi connectivity index (χ4n) is 4.05. The number of ketones is 1. The molecule has 3 aromatic rings. The number of hydrogen-bond acceptors (Lipinski definition) is 5. The second-order valence-corrected chi connectivity index (χ2v) is 9.27. The van der Waals surface area contributed by atoms with E-state index in [4.69, 9.17) is 10.5 Å². The fraction of sp³-hybridized carbons (Fsp3) is 0.357. The number of amides is 1. The number of benzene rings is 2. The fourth-order valence-corrected chi connectivity index (χ4v) is 4.71. The summed E-state index contributed by atoms with van der Waals surface area (Å²) in [7, 11) is 0. The third kappa shape index (κ3) is 10.3. The number of piperidine rings is 1. The molecule has 0 spiro atoms. The number of thiophene rings is 1. The van der Waals surface area contributed by atoms with Crippen molar-refractivity contribution in [3.05, 3.63) is 93.7 Å². The van der Waals surface area contributed by atoms with Crippen molar-refractivity contribution in [1.29, 1.82) is 0 Å². The summed E-state index contributed by atoms with van der Waals surface area (Å²) in [5.74, 6) is 2.01. The Morgan fingerprint density at radius 1 is 1.05 bits per heavy atom. The van der Waals surface area contributed by atoms with Gasteiger partial charge in [0, 0.05) is 10.9 Å². The van der Waals surface area contributed by atoms with Gasteiger partial charge in [0.05, 0.1) is 6.54 Å². The van der Waals surface area contributed by atoms with Crippen LogP contribution in [0.5, 0.6) is 0 Å². The summed E-state index contributed by atoms with van der Waals surface area (Å²) in [6.07, 6.45) is 1.84. The molecule has 2 heterocycles. The normalized spacial score (nSPS) is 13.7. The number of Topliss-reactive ketones (excluding diaryl/α,β-unsaturated/α-hetero) is 1. The van der Waals surface area contributed by atoms with E-state index in [1.165, 1.54) is 55.7 Å². The molecule has 4 rings (SSSR count). The Morgan fingerprint density at radius 2 is 1.62 bits per heavy atom. The largest absolute Gasteiger partial charge is 0.437 e. The molecule has 37 heavy (non-hydrogen) atoms. The number of carbonyl (C=O) groups excluding carboxylic acids is 2. The van der Waals surface area contributed by atoms with E-state index in [1.807, 2.05) is 22.7 Å². The number of ether oxygens (including phenoxy) is 1. The number of nitrogens with zero attached hydrogens (tertiary/aromatic N) is 1. The molecule has 1 aromatic heterocycles. The first-order valence-corrected chi connectivity index (χ1v) is 14.5. The minimum absolute atomic E-state index is 0.274. The molecule has 5 nitrogen and oxygen atoms in total. The van der Waals surface area contributed by atoms with Crippen LogP contribution in [0.25, 0.3) is 0 Å². The molecular formula is C28H33BrF2N2O3S. The number of primary amides is 1. The van der Waals surface area contributed by atoms with Gasteiger partial charge in [0.1, 0.15) is 11.6 Å². The molecule has 2 N–H and O–H groups in total. The summed E-state index contributed by atoms with van der Waals surface area (Å²) < 4.78 is 31.4. The molecule has 1 fully saturated rings. The zero-order valence-electron chi connectivity index (χ0n) is 21.0. The number of nitrogens with two attached hydrogens (primary N) is 1. The maximum atomic E-state index is 13.2. The summed E-state index contributed by atoms with van der Waals surface area (Å²) in [5.41, 5.74) is 6.63. The van der Waals surface area contributed by atoms with Crippen molar-refractivity contribution in [3.63, 3.8) is 0 Å². The highest BCUT2D eigenvalue weighted by Gasteiger charge is 2.20. The summed E-state index contributed by atoms with van der Waals surface area (Å²) in [5, 5.41) is 3.91. The predicted molar refractivity (Wildman–Crippen MR) is 148 cm³/mol. The van der Waals surface area contributed by atoms with Gasteiger partial charge in [-0.2, -0.15) is 11.3 Å². The second kappa shape index (κ2) is 16.3. The van der Waals surface area contributed by atoms with Gasteiger partial charge >= 0.3 is 6.09 Å². The average molecular weight is 596 g/mol. The van der Waals surface area contributed by atoms with Gasteiger partial charge in [0.15, 0.2) is 11.9 Å². The monoisotopic (exact) mass is 594 g/mol. The van der Waals surface area contributed by atoms with Gasteiger partial charge in [-0.25, -0.2) is 13.6 Å². The molecule has 0 aliphatic carbocycles. The first-order chi connectivity index (χ1) is 17.9. The molecule has 200 valence electrons. The van der Waals surface area contributed by atoms with Crippen LogP contribution in [0.15, 0.2) is 65.4 Å². The van der Waals surface area contributed by atoms with Crippen LogP contribution in [0, 0.1) is 17.6 Å². The van der Waals surface area contributed by atoms with Crippen LogP contribution < -0.4 is 5.73 Å². The van der Waals surface area contributed by atoms with Gasteiger partial charge in [-0.05, 0) is 84.5 Å². The van der Waals surface area contributed by atoms with E-state index in [2.05, 4.69) is 27.8 Å². The lowest BCUT2D eigenvalue weighted by molar-refractivity contribution is 0.0895. The lowest BCUT2D eigenvalue weighted by Gasteiger charge is -2.30. The van der Waals surface area contributed by atoms with Gasteiger partial charge < -0.3 is 10.5 Å². The summed E-state index contributed by atoms with van der Waals surface area (Å²) >= 11 is 4.53. The third-order valence-electron chi connectivity index (χ3n) is 6.03. The van der Waals surface area contributed by atoms with Crippen LogP contribution >= 0.6 is 27.3 Å². The van der Waals surface area contributed by atoms with Gasteiger partial charge in [-0.15, -0.1) is 0 Å². The number of carbonyl (C=O) groups is 2. The highest BCUT2D eigenvalue weighted by Crippen LogP contribution is 2.27. The van der Waals surface area contributed by atoms with Crippen molar-refractivity contribution in [2.24, 2.45) is 11.7 Å². The maximum Gasteiger partial charge on any atom is 0.405 e. The molecule has 0 unspecified atom stereocenters. The molecule has 9 heteroatoms. The molecule has 0 atom stereocenters. The van der Waals surface area contributed by atoms with E-state index < -0.39 is 23.8 Å². The SMILES string of the molecule is CBr.CCC1CCN(CC(=O)c2ccsc2)CC1.NC(=O)OC(c1cccc(F)c1)c1cccc(F)c1. The lowest BCUT2D eigenvalue weighted by Crippen LogP contribution is -2.37. The average Bonchev–Trinajstić information content (AvgIpc) is 3.45. The highest BCUT2D eigenvalue weighted by atomic mass is 79.9. The van der Waals surface area contributed by atoms with Crippen LogP contribution in [0.3, 0.4) is 0 Å². The maximum absolute atomic E-state index is 13.2. The Balaban J connectivity index is 0.000000247. The molecule has 1 aliphatic heterocycles. The second-order valence-electron chi connectivity index (χ2n) is 8.49. The summed E-state index contributed by atoms with van der Waals surface area (Å²) in [6, 6.07) is 12.9. The van der Waals surface area contributed by atoms with Crippen LogP contribution in [-0.2, 0) is 4.74 Å². The highest BCUT2D eigenvalue weighted by molar-refractivity contribution is 9.08. The molecular weight excluding hydrogens is 562 g/mol. The van der Waals surface area contributed by atoms with E-state index in [0.29, 0.717) is 17.7 Å². The Morgan fingerprint density at radius 3 is 2.05 bits per heavy atom. The zero-order chi connectivity index (χ0) is 27.2. The third-order valence-corrected chi connectivity index (χ3v) is 6.71. The number of rotatable bonds is 7.